The first-order valence-electron chi connectivity index (χ1n) is 9.42. The van der Waals surface area contributed by atoms with E-state index in [-0.39, 0.29) is 5.97 Å². The van der Waals surface area contributed by atoms with E-state index in [1.165, 1.54) is 25.6 Å². The maximum absolute atomic E-state index is 12.9. The first kappa shape index (κ1) is 19.4. The maximum atomic E-state index is 12.9. The second-order valence-electron chi connectivity index (χ2n) is 6.67. The van der Waals surface area contributed by atoms with Gasteiger partial charge in [-0.05, 0) is 19.4 Å². The molecule has 1 aromatic carbocycles. The number of ether oxygens (including phenoxy) is 1. The number of carbonyl (C=O) groups excluding carboxylic acids is 1. The van der Waals surface area contributed by atoms with Gasteiger partial charge in [0.05, 0.1) is 12.2 Å². The van der Waals surface area contributed by atoms with Gasteiger partial charge in [-0.2, -0.15) is 10.1 Å². The number of aromatic nitrogens is 3. The van der Waals surface area contributed by atoms with Crippen molar-refractivity contribution in [3.63, 3.8) is 0 Å². The van der Waals surface area contributed by atoms with Gasteiger partial charge in [-0.1, -0.05) is 62.4 Å². The number of hydrogen-bond acceptors (Lipinski definition) is 5. The molecule has 0 amide bonds. The van der Waals surface area contributed by atoms with Crippen LogP contribution in [0.3, 0.4) is 0 Å². The van der Waals surface area contributed by atoms with Crippen molar-refractivity contribution >= 4 is 23.5 Å². The topological polar surface area (TPSA) is 69.0 Å². The molecular formula is C20H25ClN4O2. The zero-order valence-electron chi connectivity index (χ0n) is 15.7. The molecule has 0 saturated heterocycles. The molecule has 27 heavy (non-hydrogen) atoms. The van der Waals surface area contributed by atoms with Crippen LogP contribution in [0.15, 0.2) is 41.9 Å². The van der Waals surface area contributed by atoms with Gasteiger partial charge < -0.3 is 10.1 Å². The molecule has 2 aromatic rings. The van der Waals surface area contributed by atoms with Crippen molar-refractivity contribution in [3.8, 4) is 0 Å². The Kier molecular flexibility index (Phi) is 6.50. The molecule has 0 saturated carbocycles. The highest BCUT2D eigenvalue weighted by Gasteiger charge is 2.35. The summed E-state index contributed by atoms with van der Waals surface area (Å²) in [6, 6.07) is 6.99. The van der Waals surface area contributed by atoms with Gasteiger partial charge in [-0.25, -0.2) is 9.48 Å². The van der Waals surface area contributed by atoms with Gasteiger partial charge in [-0.15, -0.1) is 0 Å². The highest BCUT2D eigenvalue weighted by atomic mass is 35.5. The molecule has 6 nitrogen and oxygen atoms in total. The predicted octanol–water partition coefficient (Wildman–Crippen LogP) is 4.73. The fourth-order valence-electron chi connectivity index (χ4n) is 3.29. The average molecular weight is 389 g/mol. The number of esters is 1. The Labute approximate surface area is 164 Å². The van der Waals surface area contributed by atoms with Crippen LogP contribution in [0.5, 0.6) is 0 Å². The van der Waals surface area contributed by atoms with Gasteiger partial charge >= 0.3 is 5.97 Å². The van der Waals surface area contributed by atoms with E-state index >= 15 is 0 Å². The number of rotatable bonds is 8. The fourth-order valence-corrected chi connectivity index (χ4v) is 3.53. The van der Waals surface area contributed by atoms with E-state index in [0.29, 0.717) is 28.8 Å². The second kappa shape index (κ2) is 9.04. The number of unbranched alkanes of at least 4 members (excludes halogenated alkanes) is 4. The van der Waals surface area contributed by atoms with Crippen molar-refractivity contribution in [1.29, 1.82) is 0 Å². The lowest BCUT2D eigenvalue weighted by molar-refractivity contribution is -0.139. The van der Waals surface area contributed by atoms with E-state index in [1.807, 2.05) is 31.2 Å². The molecule has 1 aromatic heterocycles. The summed E-state index contributed by atoms with van der Waals surface area (Å²) in [4.78, 5) is 17.1. The maximum Gasteiger partial charge on any atom is 0.338 e. The third kappa shape index (κ3) is 4.33. The molecule has 1 aliphatic heterocycles. The summed E-state index contributed by atoms with van der Waals surface area (Å²) < 4.78 is 7.25. The van der Waals surface area contributed by atoms with Gasteiger partial charge in [0.2, 0.25) is 5.95 Å². The smallest absolute Gasteiger partial charge is 0.338 e. The van der Waals surface area contributed by atoms with E-state index in [1.54, 1.807) is 4.68 Å². The van der Waals surface area contributed by atoms with Crippen molar-refractivity contribution in [2.75, 3.05) is 11.9 Å². The Morgan fingerprint density at radius 1 is 1.26 bits per heavy atom. The average Bonchev–Trinajstić information content (AvgIpc) is 3.12. The minimum Gasteiger partial charge on any atom is -0.462 e. The van der Waals surface area contributed by atoms with Crippen molar-refractivity contribution in [3.05, 3.63) is 52.4 Å². The molecule has 0 unspecified atom stereocenters. The number of hydrogen-bond donors (Lipinski definition) is 1. The molecule has 0 fully saturated rings. The molecule has 3 rings (SSSR count). The molecule has 1 N–H and O–H groups in total. The summed E-state index contributed by atoms with van der Waals surface area (Å²) in [7, 11) is 0. The van der Waals surface area contributed by atoms with Gasteiger partial charge in [0, 0.05) is 16.3 Å². The normalized spacial score (nSPS) is 16.0. The van der Waals surface area contributed by atoms with Crippen LogP contribution in [-0.4, -0.2) is 27.3 Å². The molecular weight excluding hydrogens is 364 g/mol. The predicted molar refractivity (Wildman–Crippen MR) is 106 cm³/mol. The molecule has 1 atom stereocenters. The summed E-state index contributed by atoms with van der Waals surface area (Å²) in [6.45, 7) is 4.44. The molecule has 0 spiro atoms. The quantitative estimate of drug-likeness (QED) is 0.522. The number of nitrogens with one attached hydrogen (secondary N) is 1. The molecule has 0 radical (unpaired) electrons. The standard InChI is InChI=1S/C20H25ClN4O2/c1-3-4-5-6-9-12-27-19(26)17-14(2)24-20-22-13-23-25(20)18(17)15-10-7-8-11-16(15)21/h7-8,10-11,13,18H,3-6,9,12H2,1-2H3,(H,22,23,24)/t18-/m0/s1. The molecule has 7 heteroatoms. The number of nitrogens with zero attached hydrogens (tertiary/aromatic N) is 3. The zero-order chi connectivity index (χ0) is 19.2. The molecule has 0 aliphatic carbocycles. The highest BCUT2D eigenvalue weighted by Crippen LogP contribution is 2.37. The number of allylic oxidation sites excluding steroid dienone is 1. The van der Waals surface area contributed by atoms with Crippen LogP contribution in [0.25, 0.3) is 0 Å². The van der Waals surface area contributed by atoms with E-state index in [9.17, 15) is 4.79 Å². The van der Waals surface area contributed by atoms with Gasteiger partial charge in [0.1, 0.15) is 12.4 Å². The number of carbonyl (C=O) groups is 1. The molecule has 1 aliphatic rings. The Morgan fingerprint density at radius 3 is 2.81 bits per heavy atom. The monoisotopic (exact) mass is 388 g/mol. The first-order valence-corrected chi connectivity index (χ1v) is 9.80. The van der Waals surface area contributed by atoms with Crippen molar-refractivity contribution in [2.24, 2.45) is 0 Å². The van der Waals surface area contributed by atoms with E-state index in [4.69, 9.17) is 16.3 Å². The van der Waals surface area contributed by atoms with Crippen LogP contribution in [0.1, 0.15) is 57.6 Å². The lowest BCUT2D eigenvalue weighted by atomic mass is 9.96. The summed E-state index contributed by atoms with van der Waals surface area (Å²) in [5, 5.41) is 8.00. The Bertz CT molecular complexity index is 831. The lowest BCUT2D eigenvalue weighted by Crippen LogP contribution is -2.30. The molecule has 0 bridgehead atoms. The largest absolute Gasteiger partial charge is 0.462 e. The molecule has 2 heterocycles. The van der Waals surface area contributed by atoms with Crippen LogP contribution < -0.4 is 5.32 Å². The summed E-state index contributed by atoms with van der Waals surface area (Å²) in [5.74, 6) is 0.232. The lowest BCUT2D eigenvalue weighted by Gasteiger charge is -2.28. The number of fused-ring (bicyclic) bond motifs is 1. The van der Waals surface area contributed by atoms with Crippen LogP contribution in [0, 0.1) is 0 Å². The van der Waals surface area contributed by atoms with Crippen molar-refractivity contribution in [2.45, 2.75) is 52.0 Å². The van der Waals surface area contributed by atoms with E-state index < -0.39 is 6.04 Å². The summed E-state index contributed by atoms with van der Waals surface area (Å²) in [6.07, 6.45) is 6.97. The second-order valence-corrected chi connectivity index (χ2v) is 7.07. The Morgan fingerprint density at radius 2 is 2.04 bits per heavy atom. The van der Waals surface area contributed by atoms with Gasteiger partial charge in [0.25, 0.3) is 0 Å². The van der Waals surface area contributed by atoms with Crippen molar-refractivity contribution in [1.82, 2.24) is 14.8 Å². The summed E-state index contributed by atoms with van der Waals surface area (Å²) in [5.41, 5.74) is 2.01. The van der Waals surface area contributed by atoms with Gasteiger partial charge in [-0.3, -0.25) is 0 Å². The number of halogens is 1. The Balaban J connectivity index is 1.81. The minimum atomic E-state index is -0.468. The van der Waals surface area contributed by atoms with Crippen LogP contribution in [0.2, 0.25) is 5.02 Å². The van der Waals surface area contributed by atoms with Crippen LogP contribution in [-0.2, 0) is 9.53 Å². The van der Waals surface area contributed by atoms with E-state index in [2.05, 4.69) is 22.3 Å². The minimum absolute atomic E-state index is 0.346. The Hall–Kier alpha value is -2.34. The summed E-state index contributed by atoms with van der Waals surface area (Å²) >= 11 is 6.43. The SMILES string of the molecule is CCCCCCCOC(=O)C1=C(C)Nc2ncnn2[C@H]1c1ccccc1Cl. The van der Waals surface area contributed by atoms with Crippen LogP contribution in [0.4, 0.5) is 5.95 Å². The highest BCUT2D eigenvalue weighted by molar-refractivity contribution is 6.31. The van der Waals surface area contributed by atoms with Crippen molar-refractivity contribution < 1.29 is 9.53 Å². The third-order valence-corrected chi connectivity index (χ3v) is 5.04. The van der Waals surface area contributed by atoms with Crippen LogP contribution >= 0.6 is 11.6 Å². The first-order chi connectivity index (χ1) is 13.1. The third-order valence-electron chi connectivity index (χ3n) is 4.70. The molecule has 144 valence electrons. The van der Waals surface area contributed by atoms with Gasteiger partial charge in [0.15, 0.2) is 0 Å². The van der Waals surface area contributed by atoms with E-state index in [0.717, 1.165) is 18.4 Å². The fraction of sp³-hybridized carbons (Fsp3) is 0.450. The number of benzene rings is 1. The zero-order valence-corrected chi connectivity index (χ0v) is 16.5. The number of anilines is 1.